The summed E-state index contributed by atoms with van der Waals surface area (Å²) in [7, 11) is 1.68. The van der Waals surface area contributed by atoms with Crippen LogP contribution in [0.1, 0.15) is 12.5 Å². The molecule has 0 bridgehead atoms. The van der Waals surface area contributed by atoms with Gasteiger partial charge in [-0.2, -0.15) is 0 Å². The Bertz CT molecular complexity index is 1060. The number of H-pyrrole nitrogens is 1. The predicted molar refractivity (Wildman–Crippen MR) is 108 cm³/mol. The Balaban J connectivity index is 1.55. The largest absolute Gasteiger partial charge is 0.497 e. The summed E-state index contributed by atoms with van der Waals surface area (Å²) in [6.07, 6.45) is 2.49. The van der Waals surface area contributed by atoms with Crippen molar-refractivity contribution in [2.45, 2.75) is 13.3 Å². The summed E-state index contributed by atoms with van der Waals surface area (Å²) in [5.74, 6) is 2.52. The van der Waals surface area contributed by atoms with Crippen molar-refractivity contribution in [2.24, 2.45) is 0 Å². The number of rotatable bonds is 7. The quantitative estimate of drug-likeness (QED) is 0.516. The minimum absolute atomic E-state index is 0.640. The molecule has 0 aliphatic rings. The number of aromatic nitrogens is 3. The lowest BCUT2D eigenvalue weighted by Crippen LogP contribution is -2.07. The Hall–Kier alpha value is -3.28. The molecule has 4 aromatic rings. The second kappa shape index (κ2) is 7.53. The molecule has 0 spiro atoms. The van der Waals surface area contributed by atoms with Gasteiger partial charge in [-0.05, 0) is 49.2 Å². The smallest absolute Gasteiger partial charge is 0.153 e. The lowest BCUT2D eigenvalue weighted by Gasteiger charge is -2.07. The maximum atomic E-state index is 5.61. The van der Waals surface area contributed by atoms with E-state index in [2.05, 4.69) is 32.4 Å². The molecule has 0 radical (unpaired) electrons. The molecule has 0 unspecified atom stereocenters. The molecule has 138 valence electrons. The number of anilines is 1. The van der Waals surface area contributed by atoms with Crippen LogP contribution in [0, 0.1) is 0 Å². The van der Waals surface area contributed by atoms with Crippen LogP contribution in [0.4, 0.5) is 5.82 Å². The van der Waals surface area contributed by atoms with Gasteiger partial charge in [-0.1, -0.05) is 12.1 Å². The van der Waals surface area contributed by atoms with Crippen molar-refractivity contribution in [3.8, 4) is 11.5 Å². The summed E-state index contributed by atoms with van der Waals surface area (Å²) < 4.78 is 10.8. The third-order valence-corrected chi connectivity index (χ3v) is 4.53. The molecule has 0 amide bonds. The van der Waals surface area contributed by atoms with Crippen LogP contribution in [-0.4, -0.2) is 35.2 Å². The van der Waals surface area contributed by atoms with E-state index in [0.717, 1.165) is 52.2 Å². The summed E-state index contributed by atoms with van der Waals surface area (Å²) in [6.45, 7) is 3.39. The van der Waals surface area contributed by atoms with E-state index in [1.165, 1.54) is 5.56 Å². The van der Waals surface area contributed by atoms with E-state index in [4.69, 9.17) is 9.47 Å². The number of hydrogen-bond acceptors (Lipinski definition) is 5. The molecular weight excluding hydrogens is 340 g/mol. The zero-order valence-electron chi connectivity index (χ0n) is 15.5. The normalized spacial score (nSPS) is 11.0. The molecule has 0 saturated heterocycles. The highest BCUT2D eigenvalue weighted by Gasteiger charge is 2.11. The highest BCUT2D eigenvalue weighted by atomic mass is 16.5. The molecule has 2 aromatic heterocycles. The van der Waals surface area contributed by atoms with Gasteiger partial charge in [-0.15, -0.1) is 0 Å². The fourth-order valence-electron chi connectivity index (χ4n) is 3.18. The monoisotopic (exact) mass is 362 g/mol. The van der Waals surface area contributed by atoms with Crippen molar-refractivity contribution in [2.75, 3.05) is 25.6 Å². The van der Waals surface area contributed by atoms with Crippen molar-refractivity contribution >= 4 is 27.8 Å². The minimum Gasteiger partial charge on any atom is -0.497 e. The Labute approximate surface area is 157 Å². The molecule has 6 heteroatoms. The molecule has 4 rings (SSSR count). The zero-order valence-corrected chi connectivity index (χ0v) is 15.5. The highest BCUT2D eigenvalue weighted by Crippen LogP contribution is 2.30. The second-order valence-corrected chi connectivity index (χ2v) is 6.24. The van der Waals surface area contributed by atoms with Gasteiger partial charge in [0.25, 0.3) is 0 Å². The Morgan fingerprint density at radius 2 is 1.85 bits per heavy atom. The van der Waals surface area contributed by atoms with E-state index in [1.54, 1.807) is 13.4 Å². The Morgan fingerprint density at radius 1 is 1.04 bits per heavy atom. The summed E-state index contributed by atoms with van der Waals surface area (Å²) in [5, 5.41) is 4.46. The molecule has 2 heterocycles. The number of hydrogen-bond donors (Lipinski definition) is 2. The maximum Gasteiger partial charge on any atom is 0.153 e. The lowest BCUT2D eigenvalue weighted by atomic mass is 10.1. The van der Waals surface area contributed by atoms with E-state index in [9.17, 15) is 0 Å². The van der Waals surface area contributed by atoms with Gasteiger partial charge >= 0.3 is 0 Å². The topological polar surface area (TPSA) is 72.1 Å². The fourth-order valence-corrected chi connectivity index (χ4v) is 3.18. The van der Waals surface area contributed by atoms with Crippen LogP contribution in [0.15, 0.2) is 48.8 Å². The summed E-state index contributed by atoms with van der Waals surface area (Å²) in [5.41, 5.74) is 4.07. The van der Waals surface area contributed by atoms with Crippen LogP contribution in [0.3, 0.4) is 0 Å². The summed E-state index contributed by atoms with van der Waals surface area (Å²) in [6, 6.07) is 14.1. The first-order chi connectivity index (χ1) is 13.3. The summed E-state index contributed by atoms with van der Waals surface area (Å²) >= 11 is 0. The molecule has 0 atom stereocenters. The Morgan fingerprint density at radius 3 is 2.63 bits per heavy atom. The minimum atomic E-state index is 0.640. The van der Waals surface area contributed by atoms with Crippen molar-refractivity contribution in [1.82, 2.24) is 15.0 Å². The second-order valence-electron chi connectivity index (χ2n) is 6.24. The van der Waals surface area contributed by atoms with E-state index >= 15 is 0 Å². The first kappa shape index (κ1) is 17.1. The average molecular weight is 362 g/mol. The zero-order chi connectivity index (χ0) is 18.6. The molecule has 0 aliphatic heterocycles. The van der Waals surface area contributed by atoms with E-state index in [1.807, 2.05) is 37.3 Å². The molecule has 0 aliphatic carbocycles. The number of fused-ring (bicyclic) bond motifs is 3. The SMILES string of the molecule is CCOc1ccc2[nH]c3c(NCCc4ccc(OC)cc4)ncnc3c2c1. The average Bonchev–Trinajstić information content (AvgIpc) is 3.08. The lowest BCUT2D eigenvalue weighted by molar-refractivity contribution is 0.341. The van der Waals surface area contributed by atoms with Gasteiger partial charge in [0.1, 0.15) is 28.9 Å². The van der Waals surface area contributed by atoms with Gasteiger partial charge in [0, 0.05) is 17.4 Å². The number of aromatic amines is 1. The maximum absolute atomic E-state index is 5.61. The van der Waals surface area contributed by atoms with Crippen molar-refractivity contribution in [1.29, 1.82) is 0 Å². The van der Waals surface area contributed by atoms with E-state index in [-0.39, 0.29) is 0 Å². The molecule has 2 aromatic carbocycles. The van der Waals surface area contributed by atoms with Gasteiger partial charge < -0.3 is 19.8 Å². The van der Waals surface area contributed by atoms with Crippen molar-refractivity contribution < 1.29 is 9.47 Å². The van der Waals surface area contributed by atoms with Crippen LogP contribution in [-0.2, 0) is 6.42 Å². The third kappa shape index (κ3) is 3.51. The third-order valence-electron chi connectivity index (χ3n) is 4.53. The standard InChI is InChI=1S/C21H22N4O2/c1-3-27-16-8-9-18-17(12-16)19-20(25-18)21(24-13-23-19)22-11-10-14-4-6-15(26-2)7-5-14/h4-9,12-13,25H,3,10-11H2,1-2H3,(H,22,23,24). The van der Waals surface area contributed by atoms with Gasteiger partial charge in [0.2, 0.25) is 0 Å². The highest BCUT2D eigenvalue weighted by molar-refractivity contribution is 6.08. The molecular formula is C21H22N4O2. The Kier molecular flexibility index (Phi) is 4.78. The van der Waals surface area contributed by atoms with Gasteiger partial charge in [-0.3, -0.25) is 0 Å². The first-order valence-electron chi connectivity index (χ1n) is 9.04. The van der Waals surface area contributed by atoms with E-state index in [0.29, 0.717) is 6.61 Å². The van der Waals surface area contributed by atoms with Gasteiger partial charge in [0.15, 0.2) is 5.82 Å². The number of methoxy groups -OCH3 is 1. The molecule has 0 saturated carbocycles. The van der Waals surface area contributed by atoms with Crippen LogP contribution < -0.4 is 14.8 Å². The van der Waals surface area contributed by atoms with Crippen LogP contribution >= 0.6 is 0 Å². The van der Waals surface area contributed by atoms with Crippen molar-refractivity contribution in [3.63, 3.8) is 0 Å². The molecule has 2 N–H and O–H groups in total. The fraction of sp³-hybridized carbons (Fsp3) is 0.238. The van der Waals surface area contributed by atoms with Crippen LogP contribution in [0.5, 0.6) is 11.5 Å². The molecule has 6 nitrogen and oxygen atoms in total. The number of ether oxygens (including phenoxy) is 2. The number of nitrogens with zero attached hydrogens (tertiary/aromatic N) is 2. The van der Waals surface area contributed by atoms with E-state index < -0.39 is 0 Å². The summed E-state index contributed by atoms with van der Waals surface area (Å²) in [4.78, 5) is 12.3. The van der Waals surface area contributed by atoms with Crippen molar-refractivity contribution in [3.05, 3.63) is 54.4 Å². The van der Waals surface area contributed by atoms with Gasteiger partial charge in [-0.25, -0.2) is 9.97 Å². The van der Waals surface area contributed by atoms with Gasteiger partial charge in [0.05, 0.1) is 13.7 Å². The number of nitrogens with one attached hydrogen (secondary N) is 2. The molecule has 0 fully saturated rings. The first-order valence-corrected chi connectivity index (χ1v) is 9.04. The van der Waals surface area contributed by atoms with Crippen LogP contribution in [0.2, 0.25) is 0 Å². The predicted octanol–water partition coefficient (Wildman–Crippen LogP) is 4.17. The number of benzene rings is 2. The molecule has 27 heavy (non-hydrogen) atoms. The van der Waals surface area contributed by atoms with Crippen LogP contribution in [0.25, 0.3) is 21.9 Å².